The Labute approximate surface area is 155 Å². The molecule has 0 radical (unpaired) electrons. The molecule has 26 heavy (non-hydrogen) atoms. The molecule has 5 N–H and O–H groups in total. The second-order valence-electron chi connectivity index (χ2n) is 5.34. The van der Waals surface area contributed by atoms with E-state index >= 15 is 0 Å². The smallest absolute Gasteiger partial charge is 0.341 e. The number of carbonyl (C=O) groups is 2. The number of nitrogens with two attached hydrogens (primary N) is 2. The summed E-state index contributed by atoms with van der Waals surface area (Å²) in [6.45, 7) is 1.36. The van der Waals surface area contributed by atoms with Crippen molar-refractivity contribution in [1.82, 2.24) is 0 Å². The Kier molecular flexibility index (Phi) is 5.86. The van der Waals surface area contributed by atoms with Crippen LogP contribution in [-0.4, -0.2) is 26.4 Å². The van der Waals surface area contributed by atoms with Crippen LogP contribution in [-0.2, 0) is 19.6 Å². The lowest BCUT2D eigenvalue weighted by molar-refractivity contribution is -0.123. The van der Waals surface area contributed by atoms with E-state index in [0.29, 0.717) is 5.02 Å². The number of esters is 1. The fraction of sp³-hybridized carbons (Fsp3) is 0.125. The molecular weight excluding hydrogens is 382 g/mol. The quantitative estimate of drug-likeness (QED) is 0.518. The molecule has 0 saturated carbocycles. The van der Waals surface area contributed by atoms with Crippen LogP contribution in [0, 0.1) is 0 Å². The van der Waals surface area contributed by atoms with E-state index in [-0.39, 0.29) is 21.8 Å². The minimum absolute atomic E-state index is 0.0743. The van der Waals surface area contributed by atoms with E-state index in [9.17, 15) is 18.0 Å². The molecule has 8 nitrogen and oxygen atoms in total. The number of hydrogen-bond donors (Lipinski definition) is 3. The lowest BCUT2D eigenvalue weighted by Crippen LogP contribution is -2.30. The van der Waals surface area contributed by atoms with Crippen LogP contribution in [0.5, 0.6) is 0 Å². The summed E-state index contributed by atoms with van der Waals surface area (Å²) in [5, 5.41) is 7.85. The van der Waals surface area contributed by atoms with Crippen LogP contribution in [0.1, 0.15) is 17.3 Å². The highest BCUT2D eigenvalue weighted by atomic mass is 35.5. The maximum atomic E-state index is 12.2. The Morgan fingerprint density at radius 1 is 1.19 bits per heavy atom. The molecule has 138 valence electrons. The molecule has 1 atom stereocenters. The zero-order valence-electron chi connectivity index (χ0n) is 13.6. The highest BCUT2D eigenvalue weighted by molar-refractivity contribution is 7.89. The molecule has 0 aromatic heterocycles. The van der Waals surface area contributed by atoms with Gasteiger partial charge in [-0.2, -0.15) is 0 Å². The summed E-state index contributed by atoms with van der Waals surface area (Å²) < 4.78 is 27.7. The van der Waals surface area contributed by atoms with Gasteiger partial charge in [-0.3, -0.25) is 4.79 Å². The molecular formula is C16H16ClN3O5S. The number of primary sulfonamides is 1. The lowest BCUT2D eigenvalue weighted by atomic mass is 10.2. The topological polar surface area (TPSA) is 142 Å². The highest BCUT2D eigenvalue weighted by Crippen LogP contribution is 2.20. The summed E-state index contributed by atoms with van der Waals surface area (Å²) in [6.07, 6.45) is -1.16. The summed E-state index contributed by atoms with van der Waals surface area (Å²) in [5.74, 6) is -1.45. The molecule has 0 bridgehead atoms. The van der Waals surface area contributed by atoms with Crippen molar-refractivity contribution in [3.63, 3.8) is 0 Å². The second-order valence-corrected chi connectivity index (χ2v) is 7.34. The molecule has 0 spiro atoms. The van der Waals surface area contributed by atoms with E-state index in [1.165, 1.54) is 49.4 Å². The van der Waals surface area contributed by atoms with Gasteiger partial charge in [-0.1, -0.05) is 17.7 Å². The third kappa shape index (κ3) is 4.94. The fourth-order valence-corrected chi connectivity index (χ4v) is 2.73. The van der Waals surface area contributed by atoms with Crippen LogP contribution < -0.4 is 16.2 Å². The van der Waals surface area contributed by atoms with Gasteiger partial charge in [0.05, 0.1) is 10.5 Å². The van der Waals surface area contributed by atoms with Crippen molar-refractivity contribution >= 4 is 44.9 Å². The number of benzene rings is 2. The van der Waals surface area contributed by atoms with Crippen LogP contribution in [0.25, 0.3) is 0 Å². The van der Waals surface area contributed by atoms with Crippen molar-refractivity contribution in [1.29, 1.82) is 0 Å². The number of amides is 1. The molecule has 0 aliphatic rings. The molecule has 2 aromatic rings. The summed E-state index contributed by atoms with van der Waals surface area (Å²) in [7, 11) is -3.91. The Hall–Kier alpha value is -2.62. The molecule has 1 amide bonds. The van der Waals surface area contributed by atoms with Gasteiger partial charge in [-0.05, 0) is 43.3 Å². The van der Waals surface area contributed by atoms with Crippen molar-refractivity contribution < 1.29 is 22.7 Å². The number of halogens is 1. The molecule has 2 aromatic carbocycles. The van der Waals surface area contributed by atoms with Gasteiger partial charge in [-0.25, -0.2) is 18.4 Å². The number of ether oxygens (including phenoxy) is 1. The molecule has 0 fully saturated rings. The van der Waals surface area contributed by atoms with Gasteiger partial charge in [0, 0.05) is 16.4 Å². The van der Waals surface area contributed by atoms with E-state index in [0.717, 1.165) is 0 Å². The van der Waals surface area contributed by atoms with Crippen LogP contribution in [0.3, 0.4) is 0 Å². The summed E-state index contributed by atoms with van der Waals surface area (Å²) >= 11 is 5.76. The standard InChI is InChI=1S/C16H16ClN3O5S/c1-9(25-16(22)13-6-5-10(17)7-14(13)18)15(21)20-11-3-2-4-12(8-11)26(19,23)24/h2-9H,18H2,1H3,(H,20,21)(H2,19,23,24)/t9-/m0/s1. The number of sulfonamides is 1. The average molecular weight is 398 g/mol. The summed E-state index contributed by atoms with van der Waals surface area (Å²) in [6, 6.07) is 9.62. The van der Waals surface area contributed by atoms with Crippen molar-refractivity contribution in [2.75, 3.05) is 11.1 Å². The van der Waals surface area contributed by atoms with E-state index < -0.39 is 28.0 Å². The van der Waals surface area contributed by atoms with Gasteiger partial charge in [0.2, 0.25) is 10.0 Å². The van der Waals surface area contributed by atoms with Crippen LogP contribution in [0.15, 0.2) is 47.4 Å². The second kappa shape index (κ2) is 7.73. The highest BCUT2D eigenvalue weighted by Gasteiger charge is 2.21. The van der Waals surface area contributed by atoms with Crippen LogP contribution in [0.4, 0.5) is 11.4 Å². The zero-order valence-corrected chi connectivity index (χ0v) is 15.2. The van der Waals surface area contributed by atoms with E-state index in [1.54, 1.807) is 0 Å². The Morgan fingerprint density at radius 2 is 1.88 bits per heavy atom. The number of nitrogens with one attached hydrogen (secondary N) is 1. The SMILES string of the molecule is C[C@H](OC(=O)c1ccc(Cl)cc1N)C(=O)Nc1cccc(S(N)(=O)=O)c1. The largest absolute Gasteiger partial charge is 0.449 e. The molecule has 0 aliphatic carbocycles. The lowest BCUT2D eigenvalue weighted by Gasteiger charge is -2.14. The summed E-state index contributed by atoms with van der Waals surface area (Å²) in [4.78, 5) is 24.1. The fourth-order valence-electron chi connectivity index (χ4n) is 1.99. The maximum Gasteiger partial charge on any atom is 0.341 e. The number of hydrogen-bond acceptors (Lipinski definition) is 6. The Balaban J connectivity index is 2.07. The third-order valence-electron chi connectivity index (χ3n) is 3.32. The van der Waals surface area contributed by atoms with Gasteiger partial charge < -0.3 is 15.8 Å². The maximum absolute atomic E-state index is 12.2. The summed E-state index contributed by atoms with van der Waals surface area (Å²) in [5.41, 5.74) is 6.09. The monoisotopic (exact) mass is 397 g/mol. The van der Waals surface area contributed by atoms with Crippen molar-refractivity contribution in [3.05, 3.63) is 53.1 Å². The van der Waals surface area contributed by atoms with Gasteiger partial charge >= 0.3 is 5.97 Å². The Bertz CT molecular complexity index is 962. The number of anilines is 2. The molecule has 0 unspecified atom stereocenters. The first-order valence-corrected chi connectivity index (χ1v) is 9.20. The number of carbonyl (C=O) groups excluding carboxylic acids is 2. The van der Waals surface area contributed by atoms with Gasteiger partial charge in [0.25, 0.3) is 5.91 Å². The number of nitrogen functional groups attached to an aromatic ring is 1. The normalized spacial score (nSPS) is 12.3. The van der Waals surface area contributed by atoms with Gasteiger partial charge in [0.1, 0.15) is 0 Å². The van der Waals surface area contributed by atoms with Crippen LogP contribution in [0.2, 0.25) is 5.02 Å². The predicted octanol–water partition coefficient (Wildman–Crippen LogP) is 1.75. The van der Waals surface area contributed by atoms with Gasteiger partial charge in [-0.15, -0.1) is 0 Å². The minimum atomic E-state index is -3.91. The van der Waals surface area contributed by atoms with E-state index in [4.69, 9.17) is 27.2 Å². The predicted molar refractivity (Wildman–Crippen MR) is 97.2 cm³/mol. The molecule has 0 aliphatic heterocycles. The zero-order chi connectivity index (χ0) is 19.5. The van der Waals surface area contributed by atoms with Crippen LogP contribution >= 0.6 is 11.6 Å². The molecule has 10 heteroatoms. The molecule has 2 rings (SSSR count). The number of rotatable bonds is 5. The third-order valence-corrected chi connectivity index (χ3v) is 4.46. The van der Waals surface area contributed by atoms with Crippen molar-refractivity contribution in [3.8, 4) is 0 Å². The van der Waals surface area contributed by atoms with Crippen molar-refractivity contribution in [2.45, 2.75) is 17.9 Å². The molecule has 0 heterocycles. The minimum Gasteiger partial charge on any atom is -0.449 e. The Morgan fingerprint density at radius 3 is 2.50 bits per heavy atom. The van der Waals surface area contributed by atoms with Crippen molar-refractivity contribution in [2.24, 2.45) is 5.14 Å². The first kappa shape index (κ1) is 19.7. The first-order valence-electron chi connectivity index (χ1n) is 7.27. The first-order chi connectivity index (χ1) is 12.1. The van der Waals surface area contributed by atoms with Gasteiger partial charge in [0.15, 0.2) is 6.10 Å². The van der Waals surface area contributed by atoms with E-state index in [1.807, 2.05) is 0 Å². The molecule has 0 saturated heterocycles. The van der Waals surface area contributed by atoms with E-state index in [2.05, 4.69) is 5.32 Å². The average Bonchev–Trinajstić information content (AvgIpc) is 2.54.